The molecular formula is C14H16N2OS2. The van der Waals surface area contributed by atoms with Gasteiger partial charge in [-0.05, 0) is 43.3 Å². The van der Waals surface area contributed by atoms with Crippen LogP contribution in [0.5, 0.6) is 0 Å². The molecule has 3 nitrogen and oxygen atoms in total. The first-order chi connectivity index (χ1) is 9.08. The number of carbonyl (C=O) groups excluding carboxylic acids is 1. The minimum Gasteiger partial charge on any atom is -0.341 e. The number of aryl methyl sites for hydroxylation is 2. The number of benzene rings is 1. The number of aromatic amines is 1. The Balaban J connectivity index is 2.05. The molecular weight excluding hydrogens is 276 g/mol. The van der Waals surface area contributed by atoms with Crippen molar-refractivity contribution in [3.05, 3.63) is 44.4 Å². The van der Waals surface area contributed by atoms with E-state index in [9.17, 15) is 4.79 Å². The average Bonchev–Trinajstić information content (AvgIpc) is 2.68. The van der Waals surface area contributed by atoms with Gasteiger partial charge in [0, 0.05) is 16.3 Å². The lowest BCUT2D eigenvalue weighted by Gasteiger charge is -2.06. The molecule has 0 aliphatic rings. The largest absolute Gasteiger partial charge is 0.341 e. The Hall–Kier alpha value is -1.46. The maximum absolute atomic E-state index is 12.0. The van der Waals surface area contributed by atoms with Gasteiger partial charge in [-0.15, -0.1) is 11.3 Å². The zero-order chi connectivity index (χ0) is 13.8. The molecule has 0 radical (unpaired) electrons. The standard InChI is InChI=1S/C14H16N2OS2/c1-3-10-5-4-6-11(7-10)16-13(17)8-12-9(2)15-14(18)19-12/h4-7H,3,8H2,1-2H3,(H,15,18)(H,16,17). The van der Waals surface area contributed by atoms with Gasteiger partial charge in [-0.3, -0.25) is 4.79 Å². The Morgan fingerprint density at radius 3 is 2.89 bits per heavy atom. The van der Waals surface area contributed by atoms with E-state index in [0.717, 1.165) is 22.7 Å². The summed E-state index contributed by atoms with van der Waals surface area (Å²) in [6.45, 7) is 4.03. The molecule has 0 fully saturated rings. The van der Waals surface area contributed by atoms with Gasteiger partial charge in [-0.1, -0.05) is 19.1 Å². The van der Waals surface area contributed by atoms with Crippen LogP contribution in [-0.4, -0.2) is 10.9 Å². The van der Waals surface area contributed by atoms with Crippen molar-refractivity contribution in [1.29, 1.82) is 0 Å². The van der Waals surface area contributed by atoms with Crippen LogP contribution in [0.15, 0.2) is 24.3 Å². The minimum atomic E-state index is -0.0124. The normalized spacial score (nSPS) is 10.4. The van der Waals surface area contributed by atoms with E-state index in [-0.39, 0.29) is 5.91 Å². The zero-order valence-corrected chi connectivity index (χ0v) is 12.6. The van der Waals surface area contributed by atoms with Crippen LogP contribution < -0.4 is 5.32 Å². The second-order valence-corrected chi connectivity index (χ2v) is 6.11. The van der Waals surface area contributed by atoms with E-state index in [1.54, 1.807) is 0 Å². The van der Waals surface area contributed by atoms with Gasteiger partial charge in [0.15, 0.2) is 3.95 Å². The monoisotopic (exact) mass is 292 g/mol. The maximum atomic E-state index is 12.0. The summed E-state index contributed by atoms with van der Waals surface area (Å²) < 4.78 is 0.716. The molecule has 0 saturated carbocycles. The molecule has 2 rings (SSSR count). The molecule has 0 bridgehead atoms. The zero-order valence-electron chi connectivity index (χ0n) is 10.9. The molecule has 2 aromatic rings. The first-order valence-electron chi connectivity index (χ1n) is 6.16. The SMILES string of the molecule is CCc1cccc(NC(=O)Cc2sc(=S)[nH]c2C)c1. The molecule has 0 aliphatic heterocycles. The van der Waals surface area contributed by atoms with Crippen LogP contribution in [0.3, 0.4) is 0 Å². The van der Waals surface area contributed by atoms with Crippen molar-refractivity contribution in [3.63, 3.8) is 0 Å². The molecule has 1 amide bonds. The van der Waals surface area contributed by atoms with E-state index < -0.39 is 0 Å². The predicted octanol–water partition coefficient (Wildman–Crippen LogP) is 3.86. The average molecular weight is 292 g/mol. The first-order valence-corrected chi connectivity index (χ1v) is 7.38. The molecule has 0 spiro atoms. The highest BCUT2D eigenvalue weighted by Crippen LogP contribution is 2.17. The van der Waals surface area contributed by atoms with Crippen LogP contribution in [0, 0.1) is 10.9 Å². The molecule has 5 heteroatoms. The van der Waals surface area contributed by atoms with E-state index >= 15 is 0 Å². The third-order valence-electron chi connectivity index (χ3n) is 2.86. The number of hydrogen-bond donors (Lipinski definition) is 2. The molecule has 2 N–H and O–H groups in total. The predicted molar refractivity (Wildman–Crippen MR) is 82.4 cm³/mol. The Bertz CT molecular complexity index is 643. The van der Waals surface area contributed by atoms with Crippen molar-refractivity contribution in [3.8, 4) is 0 Å². The maximum Gasteiger partial charge on any atom is 0.229 e. The van der Waals surface area contributed by atoms with E-state index in [1.807, 2.05) is 25.1 Å². The first kappa shape index (κ1) is 14.0. The van der Waals surface area contributed by atoms with Gasteiger partial charge in [0.25, 0.3) is 0 Å². The third kappa shape index (κ3) is 3.75. The molecule has 0 saturated heterocycles. The minimum absolute atomic E-state index is 0.0124. The number of nitrogens with one attached hydrogen (secondary N) is 2. The molecule has 0 aliphatic carbocycles. The Morgan fingerprint density at radius 1 is 1.47 bits per heavy atom. The van der Waals surface area contributed by atoms with Gasteiger partial charge in [0.2, 0.25) is 5.91 Å². The van der Waals surface area contributed by atoms with Gasteiger partial charge in [0.1, 0.15) is 0 Å². The number of amides is 1. The van der Waals surface area contributed by atoms with Crippen LogP contribution in [0.4, 0.5) is 5.69 Å². The molecule has 1 aromatic heterocycles. The summed E-state index contributed by atoms with van der Waals surface area (Å²) >= 11 is 6.53. The van der Waals surface area contributed by atoms with Gasteiger partial charge >= 0.3 is 0 Å². The fourth-order valence-electron chi connectivity index (χ4n) is 1.83. The Morgan fingerprint density at radius 2 is 2.26 bits per heavy atom. The van der Waals surface area contributed by atoms with Gasteiger partial charge < -0.3 is 10.3 Å². The number of aromatic nitrogens is 1. The highest BCUT2D eigenvalue weighted by atomic mass is 32.1. The number of anilines is 1. The quantitative estimate of drug-likeness (QED) is 0.841. The Labute approximate surface area is 121 Å². The van der Waals surface area contributed by atoms with Crippen molar-refractivity contribution in [2.75, 3.05) is 5.32 Å². The van der Waals surface area contributed by atoms with Crippen molar-refractivity contribution in [1.82, 2.24) is 4.98 Å². The Kier molecular flexibility index (Phi) is 4.50. The van der Waals surface area contributed by atoms with E-state index in [4.69, 9.17) is 12.2 Å². The topological polar surface area (TPSA) is 44.9 Å². The molecule has 1 aromatic carbocycles. The molecule has 0 unspecified atom stereocenters. The highest BCUT2D eigenvalue weighted by molar-refractivity contribution is 7.73. The summed E-state index contributed by atoms with van der Waals surface area (Å²) in [5.74, 6) is -0.0124. The number of hydrogen-bond acceptors (Lipinski definition) is 3. The van der Waals surface area contributed by atoms with Gasteiger partial charge in [0.05, 0.1) is 6.42 Å². The number of thiazole rings is 1. The van der Waals surface area contributed by atoms with Gasteiger partial charge in [-0.2, -0.15) is 0 Å². The summed E-state index contributed by atoms with van der Waals surface area (Å²) in [7, 11) is 0. The van der Waals surface area contributed by atoms with Crippen LogP contribution in [-0.2, 0) is 17.6 Å². The van der Waals surface area contributed by atoms with E-state index in [1.165, 1.54) is 16.9 Å². The highest BCUT2D eigenvalue weighted by Gasteiger charge is 2.09. The van der Waals surface area contributed by atoms with Crippen LogP contribution in [0.1, 0.15) is 23.1 Å². The molecule has 1 heterocycles. The van der Waals surface area contributed by atoms with Gasteiger partial charge in [-0.25, -0.2) is 0 Å². The fourth-order valence-corrected chi connectivity index (χ4v) is 3.12. The third-order valence-corrected chi connectivity index (χ3v) is 4.20. The second-order valence-electron chi connectivity index (χ2n) is 4.34. The van der Waals surface area contributed by atoms with Crippen LogP contribution in [0.2, 0.25) is 0 Å². The lowest BCUT2D eigenvalue weighted by Crippen LogP contribution is -2.14. The second kappa shape index (κ2) is 6.12. The van der Waals surface area contributed by atoms with Crippen molar-refractivity contribution < 1.29 is 4.79 Å². The van der Waals surface area contributed by atoms with E-state index in [0.29, 0.717) is 10.4 Å². The summed E-state index contributed by atoms with van der Waals surface area (Å²) in [6, 6.07) is 7.92. The lowest BCUT2D eigenvalue weighted by molar-refractivity contribution is -0.115. The smallest absolute Gasteiger partial charge is 0.229 e. The van der Waals surface area contributed by atoms with Crippen LogP contribution in [0.25, 0.3) is 0 Å². The summed E-state index contributed by atoms with van der Waals surface area (Å²) in [6.07, 6.45) is 1.32. The van der Waals surface area contributed by atoms with Crippen molar-refractivity contribution in [2.24, 2.45) is 0 Å². The summed E-state index contributed by atoms with van der Waals surface area (Å²) in [5.41, 5.74) is 3.04. The lowest BCUT2D eigenvalue weighted by atomic mass is 10.1. The summed E-state index contributed by atoms with van der Waals surface area (Å²) in [4.78, 5) is 16.0. The number of carbonyl (C=O) groups is 1. The summed E-state index contributed by atoms with van der Waals surface area (Å²) in [5, 5.41) is 2.92. The molecule has 100 valence electrons. The van der Waals surface area contributed by atoms with Crippen molar-refractivity contribution in [2.45, 2.75) is 26.7 Å². The molecule has 19 heavy (non-hydrogen) atoms. The fraction of sp³-hybridized carbons (Fsp3) is 0.286. The van der Waals surface area contributed by atoms with Crippen LogP contribution >= 0.6 is 23.6 Å². The molecule has 0 atom stereocenters. The van der Waals surface area contributed by atoms with Crippen molar-refractivity contribution >= 4 is 35.1 Å². The number of H-pyrrole nitrogens is 1. The number of rotatable bonds is 4. The van der Waals surface area contributed by atoms with E-state index in [2.05, 4.69) is 23.3 Å².